The van der Waals surface area contributed by atoms with E-state index in [4.69, 9.17) is 0 Å². The molecule has 0 spiro atoms. The van der Waals surface area contributed by atoms with E-state index >= 15 is 0 Å². The summed E-state index contributed by atoms with van der Waals surface area (Å²) >= 11 is 0. The molecule has 2 aromatic rings. The smallest absolute Gasteiger partial charge is 0.254 e. The van der Waals surface area contributed by atoms with Crippen LogP contribution in [0.5, 0.6) is 0 Å². The molecule has 3 rings (SSSR count). The summed E-state index contributed by atoms with van der Waals surface area (Å²) in [6.07, 6.45) is 3.54. The van der Waals surface area contributed by atoms with Gasteiger partial charge in [0.05, 0.1) is 29.9 Å². The summed E-state index contributed by atoms with van der Waals surface area (Å²) in [6.45, 7) is 8.71. The minimum Gasteiger partial charge on any atom is -0.387 e. The number of aliphatic hydroxyl groups is 1. The zero-order chi connectivity index (χ0) is 20.7. The van der Waals surface area contributed by atoms with Crippen LogP contribution in [0.15, 0.2) is 29.5 Å². The number of carbonyl (C=O) groups excluding carboxylic acids is 1. The molecule has 152 valence electrons. The van der Waals surface area contributed by atoms with Crippen LogP contribution in [0.2, 0.25) is 0 Å². The largest absolute Gasteiger partial charge is 0.387 e. The first-order valence-corrected chi connectivity index (χ1v) is 9.60. The minimum atomic E-state index is -1.11. The molecule has 1 aliphatic rings. The third kappa shape index (κ3) is 3.61. The Balaban J connectivity index is 1.82. The normalized spacial score (nSPS) is 21.9. The molecule has 2 aromatic heterocycles. The minimum absolute atomic E-state index is 0.0756. The summed E-state index contributed by atoms with van der Waals surface area (Å²) in [5.41, 5.74) is -0.597. The second-order valence-electron chi connectivity index (χ2n) is 8.66. The average Bonchev–Trinajstić information content (AvgIpc) is 3.04. The van der Waals surface area contributed by atoms with E-state index < -0.39 is 11.0 Å². The van der Waals surface area contributed by atoms with Crippen molar-refractivity contribution in [3.05, 3.63) is 35.0 Å². The third-order valence-corrected chi connectivity index (χ3v) is 5.84. The van der Waals surface area contributed by atoms with Gasteiger partial charge in [0.2, 0.25) is 5.91 Å². The molecule has 1 saturated heterocycles. The van der Waals surface area contributed by atoms with Crippen LogP contribution in [0.25, 0.3) is 11.4 Å². The number of piperidine rings is 1. The number of likely N-dealkylation sites (tertiary alicyclic amines) is 1. The number of amides is 1. The highest BCUT2D eigenvalue weighted by Gasteiger charge is 2.49. The van der Waals surface area contributed by atoms with E-state index in [1.54, 1.807) is 24.0 Å². The quantitative estimate of drug-likeness (QED) is 0.853. The molecule has 1 amide bonds. The van der Waals surface area contributed by atoms with Gasteiger partial charge in [0, 0.05) is 43.7 Å². The Bertz CT molecular complexity index is 930. The van der Waals surface area contributed by atoms with Crippen molar-refractivity contribution in [3.8, 4) is 11.4 Å². The second kappa shape index (κ2) is 7.16. The summed E-state index contributed by atoms with van der Waals surface area (Å²) in [5, 5.41) is 15.5. The van der Waals surface area contributed by atoms with Crippen LogP contribution < -0.4 is 5.56 Å². The summed E-state index contributed by atoms with van der Waals surface area (Å²) in [4.78, 5) is 31.2. The molecule has 0 aromatic carbocycles. The molecule has 0 bridgehead atoms. The molecule has 0 saturated carbocycles. The van der Waals surface area contributed by atoms with Gasteiger partial charge in [-0.2, -0.15) is 5.10 Å². The number of nitrogens with zero attached hydrogens (tertiary/aromatic N) is 5. The lowest BCUT2D eigenvalue weighted by Gasteiger charge is -2.50. The number of hydrogen-bond donors (Lipinski definition) is 1. The lowest BCUT2D eigenvalue weighted by atomic mass is 9.69. The van der Waals surface area contributed by atoms with E-state index in [1.165, 1.54) is 17.0 Å². The first kappa shape index (κ1) is 20.3. The number of carbonyl (C=O) groups is 1. The standard InChI is InChI=1S/C20H29N5O3/c1-14(2)18(27)24-9-7-20(28,19(3,4)11-24)12-25-13-21-15(10-17(25)26)16-6-8-22-23(16)5/h6,8,10,13-14,28H,7,9,11-12H2,1-5H3. The van der Waals surface area contributed by atoms with Crippen molar-refractivity contribution in [2.24, 2.45) is 18.4 Å². The Morgan fingerprint density at radius 3 is 2.61 bits per heavy atom. The summed E-state index contributed by atoms with van der Waals surface area (Å²) in [7, 11) is 1.79. The number of rotatable bonds is 4. The summed E-state index contributed by atoms with van der Waals surface area (Å²) < 4.78 is 3.10. The van der Waals surface area contributed by atoms with Gasteiger partial charge in [0.25, 0.3) is 5.56 Å². The topological polar surface area (TPSA) is 93.2 Å². The van der Waals surface area contributed by atoms with E-state index in [9.17, 15) is 14.7 Å². The molecule has 1 N–H and O–H groups in total. The van der Waals surface area contributed by atoms with Gasteiger partial charge in [-0.15, -0.1) is 0 Å². The van der Waals surface area contributed by atoms with E-state index in [0.29, 0.717) is 25.2 Å². The zero-order valence-electron chi connectivity index (χ0n) is 17.2. The highest BCUT2D eigenvalue weighted by atomic mass is 16.3. The van der Waals surface area contributed by atoms with E-state index in [1.807, 2.05) is 32.6 Å². The maximum atomic E-state index is 12.7. The monoisotopic (exact) mass is 387 g/mol. The van der Waals surface area contributed by atoms with Crippen molar-refractivity contribution < 1.29 is 9.90 Å². The Morgan fingerprint density at radius 2 is 2.07 bits per heavy atom. The Morgan fingerprint density at radius 1 is 1.36 bits per heavy atom. The van der Waals surface area contributed by atoms with E-state index in [-0.39, 0.29) is 23.9 Å². The maximum absolute atomic E-state index is 12.7. The van der Waals surface area contributed by atoms with Gasteiger partial charge >= 0.3 is 0 Å². The lowest BCUT2D eigenvalue weighted by molar-refractivity contribution is -0.156. The zero-order valence-corrected chi connectivity index (χ0v) is 17.2. The maximum Gasteiger partial charge on any atom is 0.254 e. The number of hydrogen-bond acceptors (Lipinski definition) is 5. The molecule has 8 nitrogen and oxygen atoms in total. The van der Waals surface area contributed by atoms with Crippen LogP contribution >= 0.6 is 0 Å². The van der Waals surface area contributed by atoms with E-state index in [0.717, 1.165) is 5.69 Å². The van der Waals surface area contributed by atoms with Crippen LogP contribution in [0.4, 0.5) is 0 Å². The Kier molecular flexibility index (Phi) is 5.18. The van der Waals surface area contributed by atoms with Gasteiger partial charge in [-0.3, -0.25) is 18.8 Å². The van der Waals surface area contributed by atoms with E-state index in [2.05, 4.69) is 10.1 Å². The molecule has 8 heteroatoms. The van der Waals surface area contributed by atoms with Crippen LogP contribution in [0.1, 0.15) is 34.1 Å². The molecule has 0 radical (unpaired) electrons. The highest BCUT2D eigenvalue weighted by molar-refractivity contribution is 5.78. The summed E-state index contributed by atoms with van der Waals surface area (Å²) in [5.74, 6) is 0.0165. The first-order valence-electron chi connectivity index (χ1n) is 9.60. The van der Waals surface area contributed by atoms with Crippen molar-refractivity contribution in [1.29, 1.82) is 0 Å². The van der Waals surface area contributed by atoms with Gasteiger partial charge in [-0.1, -0.05) is 27.7 Å². The van der Waals surface area contributed by atoms with Crippen LogP contribution in [-0.2, 0) is 18.4 Å². The van der Waals surface area contributed by atoms with Gasteiger partial charge < -0.3 is 10.0 Å². The predicted octanol–water partition coefficient (Wildman–Crippen LogP) is 1.29. The average molecular weight is 387 g/mol. The van der Waals surface area contributed by atoms with Gasteiger partial charge in [0.15, 0.2) is 0 Å². The van der Waals surface area contributed by atoms with Crippen molar-refractivity contribution in [3.63, 3.8) is 0 Å². The first-order chi connectivity index (χ1) is 13.0. The molecule has 1 atom stereocenters. The number of aromatic nitrogens is 4. The van der Waals surface area contributed by atoms with Crippen LogP contribution in [0.3, 0.4) is 0 Å². The van der Waals surface area contributed by atoms with Crippen molar-refractivity contribution in [2.75, 3.05) is 13.1 Å². The molecular formula is C20H29N5O3. The predicted molar refractivity (Wildman–Crippen MR) is 105 cm³/mol. The van der Waals surface area contributed by atoms with Crippen molar-refractivity contribution >= 4 is 5.91 Å². The molecule has 28 heavy (non-hydrogen) atoms. The molecule has 3 heterocycles. The molecule has 1 aliphatic heterocycles. The Hall–Kier alpha value is -2.48. The fraction of sp³-hybridized carbons (Fsp3) is 0.600. The van der Waals surface area contributed by atoms with Crippen molar-refractivity contribution in [2.45, 2.75) is 46.3 Å². The van der Waals surface area contributed by atoms with Gasteiger partial charge in [-0.05, 0) is 12.5 Å². The lowest BCUT2D eigenvalue weighted by Crippen LogP contribution is -2.61. The Labute approximate surface area is 164 Å². The third-order valence-electron chi connectivity index (χ3n) is 5.84. The highest BCUT2D eigenvalue weighted by Crippen LogP contribution is 2.40. The van der Waals surface area contributed by atoms with Crippen molar-refractivity contribution in [1.82, 2.24) is 24.2 Å². The SMILES string of the molecule is CC(C)C(=O)N1CCC(O)(Cn2cnc(-c3ccnn3C)cc2=O)C(C)(C)C1. The molecular weight excluding hydrogens is 358 g/mol. The molecule has 1 fully saturated rings. The fourth-order valence-electron chi connectivity index (χ4n) is 3.80. The van der Waals surface area contributed by atoms with Crippen LogP contribution in [0, 0.1) is 11.3 Å². The second-order valence-corrected chi connectivity index (χ2v) is 8.66. The molecule has 1 unspecified atom stereocenters. The van der Waals surface area contributed by atoms with Gasteiger partial charge in [0.1, 0.15) is 0 Å². The molecule has 0 aliphatic carbocycles. The number of aryl methyl sites for hydroxylation is 1. The summed E-state index contributed by atoms with van der Waals surface area (Å²) in [6, 6.07) is 3.26. The fourth-order valence-corrected chi connectivity index (χ4v) is 3.80. The van der Waals surface area contributed by atoms with Crippen LogP contribution in [-0.4, -0.2) is 53.9 Å². The van der Waals surface area contributed by atoms with Gasteiger partial charge in [-0.25, -0.2) is 4.98 Å².